The van der Waals surface area contributed by atoms with Gasteiger partial charge in [-0.2, -0.15) is 0 Å². The summed E-state index contributed by atoms with van der Waals surface area (Å²) in [6, 6.07) is 0. The number of esters is 1. The Hall–Kier alpha value is -1.76. The van der Waals surface area contributed by atoms with Crippen molar-refractivity contribution in [1.29, 1.82) is 0 Å². The minimum Gasteiger partial charge on any atom is -0.465 e. The number of carbonyl (C=O) groups is 2. The zero-order valence-corrected chi connectivity index (χ0v) is 13.4. The van der Waals surface area contributed by atoms with E-state index in [0.717, 1.165) is 6.54 Å². The highest BCUT2D eigenvalue weighted by Crippen LogP contribution is 2.42. The Morgan fingerprint density at radius 1 is 1.43 bits per heavy atom. The highest BCUT2D eigenvalue weighted by atomic mass is 32.1. The number of thiophene rings is 1. The van der Waals surface area contributed by atoms with Crippen LogP contribution in [0, 0.1) is 5.41 Å². The van der Waals surface area contributed by atoms with Gasteiger partial charge < -0.3 is 21.1 Å². The van der Waals surface area contributed by atoms with E-state index in [1.165, 1.54) is 44.8 Å². The van der Waals surface area contributed by atoms with Crippen molar-refractivity contribution in [2.75, 3.05) is 31.8 Å². The van der Waals surface area contributed by atoms with Gasteiger partial charge in [0.1, 0.15) is 9.88 Å². The number of methoxy groups -OCH3 is 1. The minimum absolute atomic E-state index is 0.174. The molecule has 0 bridgehead atoms. The average molecular weight is 311 g/mol. The molecule has 1 saturated carbocycles. The van der Waals surface area contributed by atoms with Crippen LogP contribution in [-0.2, 0) is 4.74 Å². The van der Waals surface area contributed by atoms with Gasteiger partial charge in [-0.25, -0.2) is 4.79 Å². The summed E-state index contributed by atoms with van der Waals surface area (Å²) in [6.07, 6.45) is 3.57. The zero-order valence-electron chi connectivity index (χ0n) is 12.5. The summed E-state index contributed by atoms with van der Waals surface area (Å²) in [5.74, 6) is -0.828. The van der Waals surface area contributed by atoms with Crippen LogP contribution in [0.5, 0.6) is 0 Å². The topological polar surface area (TPSA) is 93.5 Å². The molecule has 0 aromatic carbocycles. The first-order chi connectivity index (χ1) is 9.91. The van der Waals surface area contributed by atoms with E-state index in [9.17, 15) is 9.59 Å². The fourth-order valence-electron chi connectivity index (χ4n) is 2.41. The second-order valence-corrected chi connectivity index (χ2v) is 6.66. The SMILES string of the molecule is CNC(=O)c1c(NCC2(C)CCC2)sc(C(=O)OC)c1N. The van der Waals surface area contributed by atoms with E-state index in [1.54, 1.807) is 0 Å². The molecule has 0 aliphatic heterocycles. The number of nitrogens with two attached hydrogens (primary N) is 1. The van der Waals surface area contributed by atoms with Crippen LogP contribution in [0.25, 0.3) is 0 Å². The maximum absolute atomic E-state index is 12.0. The maximum Gasteiger partial charge on any atom is 0.350 e. The molecule has 1 amide bonds. The van der Waals surface area contributed by atoms with Crippen molar-refractivity contribution in [2.24, 2.45) is 5.41 Å². The quantitative estimate of drug-likeness (QED) is 0.724. The average Bonchev–Trinajstić information content (AvgIpc) is 2.78. The van der Waals surface area contributed by atoms with Gasteiger partial charge in [-0.05, 0) is 18.3 Å². The third-order valence-corrected chi connectivity index (χ3v) is 5.15. The van der Waals surface area contributed by atoms with E-state index in [-0.39, 0.29) is 21.9 Å². The second-order valence-electron chi connectivity index (χ2n) is 5.64. The van der Waals surface area contributed by atoms with Gasteiger partial charge in [0.25, 0.3) is 5.91 Å². The lowest BCUT2D eigenvalue weighted by molar-refractivity contribution is 0.0607. The van der Waals surface area contributed by atoms with Gasteiger partial charge >= 0.3 is 5.97 Å². The van der Waals surface area contributed by atoms with Gasteiger partial charge in [-0.3, -0.25) is 4.79 Å². The molecule has 0 atom stereocenters. The fraction of sp³-hybridized carbons (Fsp3) is 0.571. The molecule has 116 valence electrons. The van der Waals surface area contributed by atoms with E-state index in [2.05, 4.69) is 17.6 Å². The first-order valence-electron chi connectivity index (χ1n) is 6.88. The third kappa shape index (κ3) is 2.97. The van der Waals surface area contributed by atoms with Gasteiger partial charge in [-0.1, -0.05) is 13.3 Å². The lowest BCUT2D eigenvalue weighted by atomic mass is 9.70. The van der Waals surface area contributed by atoms with Crippen molar-refractivity contribution in [3.8, 4) is 0 Å². The van der Waals surface area contributed by atoms with E-state index < -0.39 is 5.97 Å². The van der Waals surface area contributed by atoms with Crippen molar-refractivity contribution >= 4 is 33.9 Å². The molecule has 1 heterocycles. The van der Waals surface area contributed by atoms with Gasteiger partial charge in [0.2, 0.25) is 0 Å². The van der Waals surface area contributed by atoms with Crippen LogP contribution in [0.2, 0.25) is 0 Å². The Bertz CT molecular complexity index is 564. The molecule has 0 unspecified atom stereocenters. The molecule has 4 N–H and O–H groups in total. The molecular formula is C14H21N3O3S. The van der Waals surface area contributed by atoms with Crippen molar-refractivity contribution < 1.29 is 14.3 Å². The number of nitrogens with one attached hydrogen (secondary N) is 2. The lowest BCUT2D eigenvalue weighted by Gasteiger charge is -2.38. The summed E-state index contributed by atoms with van der Waals surface area (Å²) in [7, 11) is 2.83. The summed E-state index contributed by atoms with van der Waals surface area (Å²) in [5, 5.41) is 6.46. The smallest absolute Gasteiger partial charge is 0.350 e. The molecule has 1 aliphatic carbocycles. The van der Waals surface area contributed by atoms with Crippen LogP contribution >= 0.6 is 11.3 Å². The van der Waals surface area contributed by atoms with Gasteiger partial charge in [-0.15, -0.1) is 11.3 Å². The number of amides is 1. The van der Waals surface area contributed by atoms with Gasteiger partial charge in [0, 0.05) is 13.6 Å². The number of hydrogen-bond acceptors (Lipinski definition) is 6. The predicted octanol–water partition coefficient (Wildman–Crippen LogP) is 2.08. The summed E-state index contributed by atoms with van der Waals surface area (Å²) >= 11 is 1.17. The van der Waals surface area contributed by atoms with Crippen molar-refractivity contribution in [3.05, 3.63) is 10.4 Å². The molecule has 2 rings (SSSR count). The summed E-state index contributed by atoms with van der Waals surface area (Å²) in [4.78, 5) is 24.0. The van der Waals surface area contributed by atoms with Gasteiger partial charge in [0.05, 0.1) is 18.4 Å². The van der Waals surface area contributed by atoms with Crippen LogP contribution in [0.15, 0.2) is 0 Å². The van der Waals surface area contributed by atoms with Crippen molar-refractivity contribution in [3.63, 3.8) is 0 Å². The minimum atomic E-state index is -0.523. The van der Waals surface area contributed by atoms with E-state index in [0.29, 0.717) is 10.6 Å². The molecule has 0 spiro atoms. The second kappa shape index (κ2) is 5.93. The molecule has 21 heavy (non-hydrogen) atoms. The molecule has 0 radical (unpaired) electrons. The van der Waals surface area contributed by atoms with Crippen LogP contribution < -0.4 is 16.4 Å². The molecular weight excluding hydrogens is 290 g/mol. The molecule has 6 nitrogen and oxygen atoms in total. The monoisotopic (exact) mass is 311 g/mol. The van der Waals surface area contributed by atoms with E-state index >= 15 is 0 Å². The normalized spacial score (nSPS) is 16.0. The standard InChI is InChI=1S/C14H21N3O3S/c1-14(5-4-6-14)7-17-12-8(11(18)16-2)9(15)10(21-12)13(19)20-3/h17H,4-7,15H2,1-3H3,(H,16,18). The van der Waals surface area contributed by atoms with E-state index in [1.807, 2.05) is 0 Å². The number of rotatable bonds is 5. The van der Waals surface area contributed by atoms with Crippen molar-refractivity contribution in [2.45, 2.75) is 26.2 Å². The predicted molar refractivity (Wildman–Crippen MR) is 83.9 cm³/mol. The molecule has 1 aromatic rings. The molecule has 0 saturated heterocycles. The summed E-state index contributed by atoms with van der Waals surface area (Å²) in [5.41, 5.74) is 6.70. The molecule has 7 heteroatoms. The highest BCUT2D eigenvalue weighted by Gasteiger charge is 2.33. The largest absolute Gasteiger partial charge is 0.465 e. The summed E-state index contributed by atoms with van der Waals surface area (Å²) < 4.78 is 4.71. The third-order valence-electron chi connectivity index (χ3n) is 4.01. The molecule has 1 aromatic heterocycles. The van der Waals surface area contributed by atoms with Gasteiger partial charge in [0.15, 0.2) is 0 Å². The van der Waals surface area contributed by atoms with Crippen LogP contribution in [0.4, 0.5) is 10.7 Å². The van der Waals surface area contributed by atoms with Crippen LogP contribution in [0.1, 0.15) is 46.2 Å². The first kappa shape index (κ1) is 15.6. The Morgan fingerprint density at radius 3 is 2.57 bits per heavy atom. The number of hydrogen-bond donors (Lipinski definition) is 3. The molecule has 1 fully saturated rings. The maximum atomic E-state index is 12.0. The van der Waals surface area contributed by atoms with E-state index in [4.69, 9.17) is 10.5 Å². The summed E-state index contributed by atoms with van der Waals surface area (Å²) in [6.45, 7) is 2.97. The number of carbonyl (C=O) groups excluding carboxylic acids is 2. The highest BCUT2D eigenvalue weighted by molar-refractivity contribution is 7.19. The fourth-order valence-corrected chi connectivity index (χ4v) is 3.45. The molecule has 1 aliphatic rings. The first-order valence-corrected chi connectivity index (χ1v) is 7.70. The van der Waals surface area contributed by atoms with Crippen LogP contribution in [0.3, 0.4) is 0 Å². The number of ether oxygens (including phenoxy) is 1. The lowest BCUT2D eigenvalue weighted by Crippen LogP contribution is -2.33. The Balaban J connectivity index is 2.29. The Morgan fingerprint density at radius 2 is 2.10 bits per heavy atom. The Labute approximate surface area is 128 Å². The van der Waals surface area contributed by atoms with Crippen molar-refractivity contribution in [1.82, 2.24) is 5.32 Å². The zero-order chi connectivity index (χ0) is 15.6. The number of anilines is 2. The number of nitrogen functional groups attached to an aromatic ring is 1. The van der Waals surface area contributed by atoms with Crippen LogP contribution in [-0.4, -0.2) is 32.6 Å². The Kier molecular flexibility index (Phi) is 4.41.